The molecule has 0 atom stereocenters. The Morgan fingerprint density at radius 2 is 2.05 bits per heavy atom. The van der Waals surface area contributed by atoms with Crippen molar-refractivity contribution in [2.24, 2.45) is 0 Å². The van der Waals surface area contributed by atoms with Gasteiger partial charge in [0.1, 0.15) is 5.65 Å². The number of rotatable bonds is 4. The summed E-state index contributed by atoms with van der Waals surface area (Å²) in [6, 6.07) is 6.79. The summed E-state index contributed by atoms with van der Waals surface area (Å²) in [4.78, 5) is 15.5. The Bertz CT molecular complexity index is 861. The lowest BCUT2D eigenvalue weighted by atomic mass is 10.2. The van der Waals surface area contributed by atoms with Crippen LogP contribution in [0.4, 0.5) is 14.5 Å². The first-order valence-corrected chi connectivity index (χ1v) is 6.43. The zero-order valence-electron chi connectivity index (χ0n) is 11.3. The van der Waals surface area contributed by atoms with Gasteiger partial charge >= 0.3 is 5.97 Å². The van der Waals surface area contributed by atoms with E-state index in [1.807, 2.05) is 0 Å². The van der Waals surface area contributed by atoms with Crippen molar-refractivity contribution >= 4 is 17.3 Å². The van der Waals surface area contributed by atoms with E-state index in [0.717, 1.165) is 12.1 Å². The van der Waals surface area contributed by atoms with E-state index in [9.17, 15) is 18.7 Å². The van der Waals surface area contributed by atoms with E-state index in [-0.39, 0.29) is 12.2 Å². The third-order valence-corrected chi connectivity index (χ3v) is 3.23. The average Bonchev–Trinajstić information content (AvgIpc) is 2.95. The minimum atomic E-state index is -1.11. The van der Waals surface area contributed by atoms with Gasteiger partial charge in [-0.3, -0.25) is 4.40 Å². The van der Waals surface area contributed by atoms with E-state index < -0.39 is 17.6 Å². The van der Waals surface area contributed by atoms with Crippen LogP contribution in [0.5, 0.6) is 0 Å². The molecule has 0 spiro atoms. The van der Waals surface area contributed by atoms with Crippen LogP contribution < -0.4 is 5.32 Å². The van der Waals surface area contributed by atoms with Crippen LogP contribution in [0.15, 0.2) is 42.7 Å². The van der Waals surface area contributed by atoms with Crippen LogP contribution in [0.3, 0.4) is 0 Å². The molecule has 2 heterocycles. The molecule has 0 amide bonds. The summed E-state index contributed by atoms with van der Waals surface area (Å²) in [5, 5.41) is 12.3. The van der Waals surface area contributed by atoms with Crippen LogP contribution >= 0.6 is 0 Å². The van der Waals surface area contributed by atoms with E-state index in [0.29, 0.717) is 16.9 Å². The second-order valence-corrected chi connectivity index (χ2v) is 4.66. The van der Waals surface area contributed by atoms with E-state index in [4.69, 9.17) is 0 Å². The summed E-state index contributed by atoms with van der Waals surface area (Å²) in [5.41, 5.74) is 1.40. The van der Waals surface area contributed by atoms with Gasteiger partial charge < -0.3 is 10.4 Å². The summed E-state index contributed by atoms with van der Waals surface area (Å²) < 4.78 is 27.5. The van der Waals surface area contributed by atoms with E-state index >= 15 is 0 Å². The summed E-state index contributed by atoms with van der Waals surface area (Å²) in [6.07, 6.45) is 3.04. The zero-order chi connectivity index (χ0) is 15.7. The average molecular weight is 303 g/mol. The van der Waals surface area contributed by atoms with E-state index in [1.54, 1.807) is 18.3 Å². The van der Waals surface area contributed by atoms with Crippen molar-refractivity contribution in [3.8, 4) is 0 Å². The molecule has 112 valence electrons. The Hall–Kier alpha value is -2.96. The van der Waals surface area contributed by atoms with Gasteiger partial charge in [-0.05, 0) is 29.8 Å². The van der Waals surface area contributed by atoms with Crippen LogP contribution in [0.2, 0.25) is 0 Å². The number of anilines is 1. The summed E-state index contributed by atoms with van der Waals surface area (Å²) in [7, 11) is 0. The standard InChI is InChI=1S/C15H11F2N3O2/c16-10-2-1-9(7-11(10)17)8-19-12-3-4-13-18-5-6-20(13)14(12)15(21)22/h1-7,19H,8H2,(H,21,22). The highest BCUT2D eigenvalue weighted by Gasteiger charge is 2.15. The molecule has 2 N–H and O–H groups in total. The molecular weight excluding hydrogens is 292 g/mol. The number of carbonyl (C=O) groups is 1. The van der Waals surface area contributed by atoms with Gasteiger partial charge in [0.2, 0.25) is 0 Å². The molecule has 0 saturated heterocycles. The number of pyridine rings is 1. The Kier molecular flexibility index (Phi) is 3.46. The fraction of sp³-hybridized carbons (Fsp3) is 0.0667. The van der Waals surface area contributed by atoms with Gasteiger partial charge in [-0.2, -0.15) is 0 Å². The topological polar surface area (TPSA) is 66.6 Å². The van der Waals surface area contributed by atoms with Gasteiger partial charge in [0.05, 0.1) is 5.69 Å². The minimum Gasteiger partial charge on any atom is -0.476 e. The first-order chi connectivity index (χ1) is 10.6. The van der Waals surface area contributed by atoms with Crippen LogP contribution in [0, 0.1) is 11.6 Å². The second-order valence-electron chi connectivity index (χ2n) is 4.66. The van der Waals surface area contributed by atoms with Crippen LogP contribution in [-0.4, -0.2) is 20.5 Å². The SMILES string of the molecule is O=C(O)c1c(NCc2ccc(F)c(F)c2)ccc2nccn12. The van der Waals surface area contributed by atoms with Crippen LogP contribution in [0.1, 0.15) is 16.1 Å². The van der Waals surface area contributed by atoms with Crippen LogP contribution in [0.25, 0.3) is 5.65 Å². The third kappa shape index (κ3) is 2.48. The Morgan fingerprint density at radius 3 is 2.77 bits per heavy atom. The highest BCUT2D eigenvalue weighted by atomic mass is 19.2. The number of carboxylic acid groups (broad SMARTS) is 1. The molecule has 0 saturated carbocycles. The first kappa shape index (κ1) is 14.0. The van der Waals surface area contributed by atoms with Gasteiger partial charge in [-0.1, -0.05) is 6.07 Å². The molecule has 3 rings (SSSR count). The quantitative estimate of drug-likeness (QED) is 0.777. The number of nitrogens with zero attached hydrogens (tertiary/aromatic N) is 2. The van der Waals surface area contributed by atoms with Gasteiger partial charge in [-0.25, -0.2) is 18.6 Å². The van der Waals surface area contributed by atoms with Crippen molar-refractivity contribution in [1.82, 2.24) is 9.38 Å². The Balaban J connectivity index is 1.91. The van der Waals surface area contributed by atoms with E-state index in [1.165, 1.54) is 16.7 Å². The number of benzene rings is 1. The Labute approximate surface area is 123 Å². The number of nitrogens with one attached hydrogen (secondary N) is 1. The first-order valence-electron chi connectivity index (χ1n) is 6.43. The van der Waals surface area contributed by atoms with Crippen molar-refractivity contribution in [2.45, 2.75) is 6.54 Å². The maximum atomic E-state index is 13.2. The molecule has 0 aliphatic heterocycles. The lowest BCUT2D eigenvalue weighted by Crippen LogP contribution is -2.11. The fourth-order valence-corrected chi connectivity index (χ4v) is 2.20. The molecule has 0 aliphatic rings. The number of aromatic carboxylic acids is 1. The smallest absolute Gasteiger partial charge is 0.355 e. The number of hydrogen-bond donors (Lipinski definition) is 2. The highest BCUT2D eigenvalue weighted by molar-refractivity contribution is 5.93. The van der Waals surface area contributed by atoms with Gasteiger partial charge in [0.15, 0.2) is 17.3 Å². The highest BCUT2D eigenvalue weighted by Crippen LogP contribution is 2.19. The fourth-order valence-electron chi connectivity index (χ4n) is 2.20. The lowest BCUT2D eigenvalue weighted by Gasteiger charge is -2.11. The molecule has 3 aromatic rings. The van der Waals surface area contributed by atoms with Crippen molar-refractivity contribution in [2.75, 3.05) is 5.32 Å². The molecule has 0 unspecified atom stereocenters. The third-order valence-electron chi connectivity index (χ3n) is 3.23. The number of hydrogen-bond acceptors (Lipinski definition) is 3. The Morgan fingerprint density at radius 1 is 1.23 bits per heavy atom. The molecule has 0 bridgehead atoms. The van der Waals surface area contributed by atoms with Gasteiger partial charge in [-0.15, -0.1) is 0 Å². The molecule has 2 aromatic heterocycles. The van der Waals surface area contributed by atoms with Crippen molar-refractivity contribution in [3.05, 3.63) is 65.6 Å². The maximum absolute atomic E-state index is 13.2. The summed E-state index contributed by atoms with van der Waals surface area (Å²) >= 11 is 0. The summed E-state index contributed by atoms with van der Waals surface area (Å²) in [6.45, 7) is 0.164. The zero-order valence-corrected chi connectivity index (χ0v) is 11.3. The molecule has 0 radical (unpaired) electrons. The lowest BCUT2D eigenvalue weighted by molar-refractivity contribution is 0.0690. The molecule has 7 heteroatoms. The van der Waals surface area contributed by atoms with Crippen molar-refractivity contribution < 1.29 is 18.7 Å². The van der Waals surface area contributed by atoms with Gasteiger partial charge in [0, 0.05) is 18.9 Å². The molecular formula is C15H11F2N3O2. The summed E-state index contributed by atoms with van der Waals surface area (Å²) in [5.74, 6) is -2.98. The van der Waals surface area contributed by atoms with Gasteiger partial charge in [0.25, 0.3) is 0 Å². The van der Waals surface area contributed by atoms with Crippen molar-refractivity contribution in [3.63, 3.8) is 0 Å². The number of aromatic nitrogens is 2. The molecule has 0 fully saturated rings. The molecule has 1 aromatic carbocycles. The maximum Gasteiger partial charge on any atom is 0.355 e. The second kappa shape index (κ2) is 5.44. The number of carboxylic acids is 1. The van der Waals surface area contributed by atoms with E-state index in [2.05, 4.69) is 10.3 Å². The monoisotopic (exact) mass is 303 g/mol. The largest absolute Gasteiger partial charge is 0.476 e. The predicted octanol–water partition coefficient (Wildman–Crippen LogP) is 2.92. The number of fused-ring (bicyclic) bond motifs is 1. The molecule has 22 heavy (non-hydrogen) atoms. The predicted molar refractivity (Wildman–Crippen MR) is 75.8 cm³/mol. The molecule has 0 aliphatic carbocycles. The number of halogens is 2. The molecule has 5 nitrogen and oxygen atoms in total. The minimum absolute atomic E-state index is 0.0255. The normalized spacial score (nSPS) is 10.8. The van der Waals surface area contributed by atoms with Crippen molar-refractivity contribution in [1.29, 1.82) is 0 Å². The number of imidazole rings is 1. The van der Waals surface area contributed by atoms with Crippen LogP contribution in [-0.2, 0) is 6.54 Å².